The molecular weight excluding hydrogens is 256 g/mol. The minimum Gasteiger partial charge on any atom is -0.462 e. The summed E-state index contributed by atoms with van der Waals surface area (Å²) in [6.07, 6.45) is 3.18. The van der Waals surface area contributed by atoms with Gasteiger partial charge in [-0.3, -0.25) is 0 Å². The molecule has 0 spiro atoms. The highest BCUT2D eigenvalue weighted by Crippen LogP contribution is 2.11. The van der Waals surface area contributed by atoms with Crippen LogP contribution >= 0.6 is 0 Å². The van der Waals surface area contributed by atoms with Gasteiger partial charge in [0.05, 0.1) is 12.2 Å². The first kappa shape index (κ1) is 16.0. The highest BCUT2D eigenvalue weighted by atomic mass is 16.5. The summed E-state index contributed by atoms with van der Waals surface area (Å²) in [5.74, 6) is -0.389. The monoisotopic (exact) mass is 278 g/mol. The number of rotatable bonds is 7. The van der Waals surface area contributed by atoms with Gasteiger partial charge in [-0.15, -0.1) is 0 Å². The van der Waals surface area contributed by atoms with Crippen LogP contribution in [0, 0.1) is 0 Å². The Kier molecular flexibility index (Phi) is 7.17. The minimum absolute atomic E-state index is 0.262. The Morgan fingerprint density at radius 2 is 2.00 bits per heavy atom. The van der Waals surface area contributed by atoms with Crippen molar-refractivity contribution >= 4 is 17.7 Å². The highest BCUT2D eigenvalue weighted by molar-refractivity contribution is 5.93. The molecule has 0 aromatic heterocycles. The average Bonchev–Trinajstić information content (AvgIpc) is 2.44. The third-order valence-electron chi connectivity index (χ3n) is 2.70. The molecule has 5 nitrogen and oxygen atoms in total. The molecule has 0 heterocycles. The normalized spacial score (nSPS) is 9.90. The minimum atomic E-state index is -0.389. The van der Waals surface area contributed by atoms with E-state index in [0.29, 0.717) is 24.4 Å². The summed E-state index contributed by atoms with van der Waals surface area (Å²) >= 11 is 0. The number of hydrogen-bond acceptors (Lipinski definition) is 3. The molecule has 0 atom stereocenters. The molecule has 1 aromatic rings. The molecule has 2 amide bonds. The Bertz CT molecular complexity index is 446. The van der Waals surface area contributed by atoms with Gasteiger partial charge in [-0.25, -0.2) is 9.59 Å². The lowest BCUT2D eigenvalue weighted by Crippen LogP contribution is -2.29. The van der Waals surface area contributed by atoms with Gasteiger partial charge >= 0.3 is 12.0 Å². The number of amides is 2. The SMILES string of the molecule is CCCCCNC(=O)Nc1cccc(C(=O)OCC)c1. The molecule has 0 unspecified atom stereocenters. The number of carbonyl (C=O) groups excluding carboxylic acids is 2. The Labute approximate surface area is 119 Å². The second-order valence-corrected chi connectivity index (χ2v) is 4.39. The number of hydrogen-bond donors (Lipinski definition) is 2. The van der Waals surface area contributed by atoms with Crippen LogP contribution in [0.5, 0.6) is 0 Å². The lowest BCUT2D eigenvalue weighted by atomic mass is 10.2. The van der Waals surface area contributed by atoms with Gasteiger partial charge in [-0.1, -0.05) is 25.8 Å². The molecule has 0 saturated carbocycles. The van der Waals surface area contributed by atoms with E-state index < -0.39 is 0 Å². The topological polar surface area (TPSA) is 67.4 Å². The lowest BCUT2D eigenvalue weighted by molar-refractivity contribution is 0.0526. The van der Waals surface area contributed by atoms with Crippen molar-refractivity contribution in [3.8, 4) is 0 Å². The van der Waals surface area contributed by atoms with Crippen molar-refractivity contribution in [2.24, 2.45) is 0 Å². The number of esters is 1. The predicted octanol–water partition coefficient (Wildman–Crippen LogP) is 3.18. The molecule has 0 bridgehead atoms. The van der Waals surface area contributed by atoms with Crippen LogP contribution in [-0.4, -0.2) is 25.2 Å². The van der Waals surface area contributed by atoms with E-state index in [-0.39, 0.29) is 12.0 Å². The molecule has 0 saturated heterocycles. The van der Waals surface area contributed by atoms with Crippen molar-refractivity contribution in [3.63, 3.8) is 0 Å². The number of unbranched alkanes of at least 4 members (excludes halogenated alkanes) is 2. The molecule has 0 fully saturated rings. The van der Waals surface area contributed by atoms with Crippen LogP contribution in [0.3, 0.4) is 0 Å². The van der Waals surface area contributed by atoms with Gasteiger partial charge in [0.25, 0.3) is 0 Å². The summed E-state index contributed by atoms with van der Waals surface area (Å²) < 4.78 is 4.91. The van der Waals surface area contributed by atoms with Crippen LogP contribution in [0.4, 0.5) is 10.5 Å². The van der Waals surface area contributed by atoms with Crippen molar-refractivity contribution < 1.29 is 14.3 Å². The Hall–Kier alpha value is -2.04. The smallest absolute Gasteiger partial charge is 0.338 e. The van der Waals surface area contributed by atoms with Gasteiger partial charge in [0.1, 0.15) is 0 Å². The van der Waals surface area contributed by atoms with E-state index in [1.165, 1.54) is 0 Å². The van der Waals surface area contributed by atoms with Gasteiger partial charge in [-0.2, -0.15) is 0 Å². The van der Waals surface area contributed by atoms with E-state index in [1.807, 2.05) is 0 Å². The highest BCUT2D eigenvalue weighted by Gasteiger charge is 2.08. The summed E-state index contributed by atoms with van der Waals surface area (Å²) in [6.45, 7) is 4.84. The molecule has 5 heteroatoms. The standard InChI is InChI=1S/C15H22N2O3/c1-3-5-6-10-16-15(19)17-13-9-7-8-12(11-13)14(18)20-4-2/h7-9,11H,3-6,10H2,1-2H3,(H2,16,17,19). The first-order valence-corrected chi connectivity index (χ1v) is 6.99. The summed E-state index contributed by atoms with van der Waals surface area (Å²) in [7, 11) is 0. The second-order valence-electron chi connectivity index (χ2n) is 4.39. The quantitative estimate of drug-likeness (QED) is 0.594. The zero-order valence-electron chi connectivity index (χ0n) is 12.1. The predicted molar refractivity (Wildman–Crippen MR) is 78.9 cm³/mol. The van der Waals surface area contributed by atoms with Crippen LogP contribution in [0.15, 0.2) is 24.3 Å². The maximum absolute atomic E-state index is 11.6. The Morgan fingerprint density at radius 3 is 2.70 bits per heavy atom. The zero-order valence-corrected chi connectivity index (χ0v) is 12.1. The van der Waals surface area contributed by atoms with Gasteiger partial charge in [0.2, 0.25) is 0 Å². The number of ether oxygens (including phenoxy) is 1. The van der Waals surface area contributed by atoms with E-state index >= 15 is 0 Å². The van der Waals surface area contributed by atoms with E-state index in [1.54, 1.807) is 31.2 Å². The number of carbonyl (C=O) groups is 2. The number of nitrogens with one attached hydrogen (secondary N) is 2. The molecule has 0 radical (unpaired) electrons. The maximum atomic E-state index is 11.6. The van der Waals surface area contributed by atoms with Crippen molar-refractivity contribution in [1.82, 2.24) is 5.32 Å². The summed E-state index contributed by atoms with van der Waals surface area (Å²) in [5, 5.41) is 5.47. The fourth-order valence-electron chi connectivity index (χ4n) is 1.69. The van der Waals surface area contributed by atoms with Crippen LogP contribution in [-0.2, 0) is 4.74 Å². The van der Waals surface area contributed by atoms with Gasteiger partial charge in [0.15, 0.2) is 0 Å². The van der Waals surface area contributed by atoms with Gasteiger partial charge in [-0.05, 0) is 31.5 Å². The molecule has 0 aliphatic rings. The van der Waals surface area contributed by atoms with E-state index in [2.05, 4.69) is 17.6 Å². The van der Waals surface area contributed by atoms with Crippen molar-refractivity contribution in [1.29, 1.82) is 0 Å². The van der Waals surface area contributed by atoms with Gasteiger partial charge in [0, 0.05) is 12.2 Å². The fourth-order valence-corrected chi connectivity index (χ4v) is 1.69. The Balaban J connectivity index is 2.49. The first-order valence-electron chi connectivity index (χ1n) is 6.99. The average molecular weight is 278 g/mol. The first-order chi connectivity index (χ1) is 9.67. The second kappa shape index (κ2) is 8.96. The van der Waals surface area contributed by atoms with Crippen LogP contribution in [0.1, 0.15) is 43.5 Å². The van der Waals surface area contributed by atoms with Crippen molar-refractivity contribution in [2.75, 3.05) is 18.5 Å². The number of benzene rings is 1. The van der Waals surface area contributed by atoms with Crippen molar-refractivity contribution in [2.45, 2.75) is 33.1 Å². The molecule has 2 N–H and O–H groups in total. The third-order valence-corrected chi connectivity index (χ3v) is 2.70. The van der Waals surface area contributed by atoms with Crippen LogP contribution in [0.2, 0.25) is 0 Å². The summed E-state index contributed by atoms with van der Waals surface area (Å²) in [6, 6.07) is 6.43. The van der Waals surface area contributed by atoms with Crippen LogP contribution in [0.25, 0.3) is 0 Å². The van der Waals surface area contributed by atoms with E-state index in [0.717, 1.165) is 19.3 Å². The maximum Gasteiger partial charge on any atom is 0.338 e. The van der Waals surface area contributed by atoms with Crippen LogP contribution < -0.4 is 10.6 Å². The molecule has 1 rings (SSSR count). The molecule has 20 heavy (non-hydrogen) atoms. The number of urea groups is 1. The van der Waals surface area contributed by atoms with E-state index in [9.17, 15) is 9.59 Å². The third kappa shape index (κ3) is 5.73. The largest absolute Gasteiger partial charge is 0.462 e. The summed E-state index contributed by atoms with van der Waals surface area (Å²) in [4.78, 5) is 23.2. The van der Waals surface area contributed by atoms with E-state index in [4.69, 9.17) is 4.74 Å². The molecule has 1 aromatic carbocycles. The molecule has 0 aliphatic carbocycles. The fraction of sp³-hybridized carbons (Fsp3) is 0.467. The molecule has 0 aliphatic heterocycles. The molecular formula is C15H22N2O3. The Morgan fingerprint density at radius 1 is 1.20 bits per heavy atom. The van der Waals surface area contributed by atoms with Gasteiger partial charge < -0.3 is 15.4 Å². The summed E-state index contributed by atoms with van der Waals surface area (Å²) in [5.41, 5.74) is 0.999. The zero-order chi connectivity index (χ0) is 14.8. The molecule has 110 valence electrons. The number of anilines is 1. The van der Waals surface area contributed by atoms with Crippen molar-refractivity contribution in [3.05, 3.63) is 29.8 Å². The lowest BCUT2D eigenvalue weighted by Gasteiger charge is -2.08.